The first-order chi connectivity index (χ1) is 16.9. The number of halogens is 2. The quantitative estimate of drug-likeness (QED) is 0.379. The van der Waals surface area contributed by atoms with Crippen LogP contribution in [0.3, 0.4) is 0 Å². The molecule has 4 aromatic rings. The molecule has 0 amide bonds. The van der Waals surface area contributed by atoms with Crippen molar-refractivity contribution in [3.8, 4) is 11.3 Å². The molecule has 3 N–H and O–H groups in total. The number of ketones is 1. The van der Waals surface area contributed by atoms with Gasteiger partial charge in [0.25, 0.3) is 0 Å². The molecule has 180 valence electrons. The van der Waals surface area contributed by atoms with Crippen molar-refractivity contribution in [1.82, 2.24) is 19.8 Å². The van der Waals surface area contributed by atoms with E-state index in [2.05, 4.69) is 32.1 Å². The average molecular weight is 495 g/mol. The minimum Gasteiger partial charge on any atom is -0.436 e. The Morgan fingerprint density at radius 2 is 1.91 bits per heavy atom. The zero-order valence-electron chi connectivity index (χ0n) is 19.1. The second-order valence-electron chi connectivity index (χ2n) is 8.56. The highest BCUT2D eigenvalue weighted by Gasteiger charge is 2.21. The molecule has 8 nitrogen and oxygen atoms in total. The number of furan rings is 1. The number of Topliss-reactive ketones (excluding diaryl/α,β-unsaturated/α-hetero) is 1. The van der Waals surface area contributed by atoms with Crippen molar-refractivity contribution in [3.05, 3.63) is 65.3 Å². The first kappa shape index (κ1) is 23.2. The Labute approximate surface area is 206 Å². The van der Waals surface area contributed by atoms with E-state index in [1.165, 1.54) is 12.1 Å². The third kappa shape index (κ3) is 4.84. The first-order valence-electron chi connectivity index (χ1n) is 11.2. The van der Waals surface area contributed by atoms with E-state index in [1.54, 1.807) is 36.7 Å². The van der Waals surface area contributed by atoms with Crippen LogP contribution in [0.1, 0.15) is 10.5 Å². The third-order valence-corrected chi connectivity index (χ3v) is 6.39. The van der Waals surface area contributed by atoms with Crippen molar-refractivity contribution < 1.29 is 13.6 Å². The number of carbonyl (C=O) groups excluding carboxylic acids is 1. The molecule has 35 heavy (non-hydrogen) atoms. The monoisotopic (exact) mass is 494 g/mol. The van der Waals surface area contributed by atoms with Crippen molar-refractivity contribution in [1.29, 1.82) is 0 Å². The van der Waals surface area contributed by atoms with Crippen LogP contribution < -0.4 is 11.1 Å². The van der Waals surface area contributed by atoms with Crippen LogP contribution in [0.15, 0.2) is 53.2 Å². The summed E-state index contributed by atoms with van der Waals surface area (Å²) in [6.45, 7) is 3.90. The number of nitrogens with two attached hydrogens (primary N) is 1. The van der Waals surface area contributed by atoms with Crippen LogP contribution in [0.2, 0.25) is 5.02 Å². The number of rotatable bonds is 6. The van der Waals surface area contributed by atoms with Crippen LogP contribution in [0.25, 0.3) is 22.2 Å². The summed E-state index contributed by atoms with van der Waals surface area (Å²) in [6, 6.07) is 9.58. The molecule has 3 aromatic heterocycles. The molecular formula is C25H24ClFN6O2. The van der Waals surface area contributed by atoms with Crippen molar-refractivity contribution in [2.45, 2.75) is 0 Å². The summed E-state index contributed by atoms with van der Waals surface area (Å²) in [5, 5.41) is 3.83. The van der Waals surface area contributed by atoms with Crippen LogP contribution >= 0.6 is 11.6 Å². The third-order valence-electron chi connectivity index (χ3n) is 6.10. The smallest absolute Gasteiger partial charge is 0.215 e. The number of hydrogen-bond donors (Lipinski definition) is 2. The molecule has 4 heterocycles. The molecule has 0 radical (unpaired) electrons. The molecule has 0 aliphatic carbocycles. The molecule has 0 spiro atoms. The normalized spacial score (nSPS) is 14.9. The van der Waals surface area contributed by atoms with Crippen LogP contribution in [0.4, 0.5) is 21.6 Å². The summed E-state index contributed by atoms with van der Waals surface area (Å²) < 4.78 is 19.4. The highest BCUT2D eigenvalue weighted by Crippen LogP contribution is 2.39. The van der Waals surface area contributed by atoms with Crippen LogP contribution in [0.5, 0.6) is 0 Å². The Bertz CT molecular complexity index is 1400. The summed E-state index contributed by atoms with van der Waals surface area (Å²) in [5.74, 6) is -0.405. The summed E-state index contributed by atoms with van der Waals surface area (Å²) in [6.07, 6.45) is 3.24. The number of pyridine rings is 2. The standard InChI is InChI=1S/C25H24ClFN6O2/c1-32-8-10-33(11-9-32)14-21(34)20-12-15(4-6-29-20)22-24-17(5-7-30-22)23(25(28)35-24)31-16-2-3-19(27)18(26)13-16/h2-7,12-13,31H,8-11,14,28H2,1H3. The fourth-order valence-electron chi connectivity index (χ4n) is 4.12. The number of piperazine rings is 1. The summed E-state index contributed by atoms with van der Waals surface area (Å²) in [5.41, 5.74) is 9.31. The van der Waals surface area contributed by atoms with Crippen LogP contribution in [-0.4, -0.2) is 65.3 Å². The van der Waals surface area contributed by atoms with Gasteiger partial charge in [0.1, 0.15) is 22.9 Å². The number of nitrogens with zero attached hydrogens (tertiary/aromatic N) is 4. The van der Waals surface area contributed by atoms with Crippen LogP contribution in [-0.2, 0) is 0 Å². The molecule has 10 heteroatoms. The second kappa shape index (κ2) is 9.61. The molecule has 0 unspecified atom stereocenters. The summed E-state index contributed by atoms with van der Waals surface area (Å²) in [4.78, 5) is 26.1. The zero-order valence-corrected chi connectivity index (χ0v) is 19.8. The van der Waals surface area contributed by atoms with E-state index in [9.17, 15) is 9.18 Å². The summed E-state index contributed by atoms with van der Waals surface area (Å²) in [7, 11) is 2.08. The fourth-order valence-corrected chi connectivity index (χ4v) is 4.30. The van der Waals surface area contributed by atoms with E-state index in [1.807, 2.05) is 0 Å². The molecule has 1 saturated heterocycles. The Balaban J connectivity index is 1.44. The molecule has 1 aliphatic heterocycles. The Morgan fingerprint density at radius 1 is 1.14 bits per heavy atom. The maximum Gasteiger partial charge on any atom is 0.215 e. The molecule has 1 fully saturated rings. The maximum atomic E-state index is 13.5. The number of anilines is 3. The lowest BCUT2D eigenvalue weighted by molar-refractivity contribution is 0.0871. The second-order valence-corrected chi connectivity index (χ2v) is 8.97. The number of hydrogen-bond acceptors (Lipinski definition) is 8. The van der Waals surface area contributed by atoms with Gasteiger partial charge in [-0.1, -0.05) is 11.6 Å². The fraction of sp³-hybridized carbons (Fsp3) is 0.240. The van der Waals surface area contributed by atoms with Gasteiger partial charge in [-0.3, -0.25) is 19.7 Å². The van der Waals surface area contributed by atoms with E-state index < -0.39 is 5.82 Å². The van der Waals surface area contributed by atoms with Crippen molar-refractivity contribution in [2.24, 2.45) is 0 Å². The maximum absolute atomic E-state index is 13.5. The van der Waals surface area contributed by atoms with E-state index in [4.69, 9.17) is 21.8 Å². The largest absolute Gasteiger partial charge is 0.436 e. The first-order valence-corrected chi connectivity index (χ1v) is 11.6. The SMILES string of the molecule is CN1CCN(CC(=O)c2cc(-c3nccc4c(Nc5ccc(F)c(Cl)c5)c(N)oc34)ccn2)CC1. The van der Waals surface area contributed by atoms with Gasteiger partial charge in [0.05, 0.1) is 17.0 Å². The van der Waals surface area contributed by atoms with Gasteiger partial charge in [-0.2, -0.15) is 0 Å². The Kier molecular flexibility index (Phi) is 6.38. The van der Waals surface area contributed by atoms with Crippen molar-refractivity contribution >= 4 is 45.6 Å². The number of carbonyl (C=O) groups is 1. The minimum absolute atomic E-state index is 0.00529. The van der Waals surface area contributed by atoms with Gasteiger partial charge >= 0.3 is 0 Å². The predicted molar refractivity (Wildman–Crippen MR) is 135 cm³/mol. The van der Waals surface area contributed by atoms with Crippen LogP contribution in [0, 0.1) is 5.82 Å². The topological polar surface area (TPSA) is 101 Å². The lowest BCUT2D eigenvalue weighted by Gasteiger charge is -2.31. The van der Waals surface area contributed by atoms with Gasteiger partial charge in [-0.15, -0.1) is 0 Å². The number of likely N-dealkylation sites (N-methyl/N-ethyl adjacent to an activating group) is 1. The highest BCUT2D eigenvalue weighted by molar-refractivity contribution is 6.31. The van der Waals surface area contributed by atoms with E-state index in [0.717, 1.165) is 26.2 Å². The number of benzene rings is 1. The Morgan fingerprint density at radius 3 is 2.69 bits per heavy atom. The van der Waals surface area contributed by atoms with E-state index in [-0.39, 0.29) is 16.7 Å². The zero-order chi connectivity index (χ0) is 24.5. The lowest BCUT2D eigenvalue weighted by Crippen LogP contribution is -2.46. The highest BCUT2D eigenvalue weighted by atomic mass is 35.5. The van der Waals surface area contributed by atoms with E-state index >= 15 is 0 Å². The molecular weight excluding hydrogens is 471 g/mol. The molecule has 0 bridgehead atoms. The molecule has 0 atom stereocenters. The summed E-state index contributed by atoms with van der Waals surface area (Å²) >= 11 is 5.91. The molecule has 0 saturated carbocycles. The average Bonchev–Trinajstić information content (AvgIpc) is 3.18. The predicted octanol–water partition coefficient (Wildman–Crippen LogP) is 4.44. The molecule has 5 rings (SSSR count). The number of nitrogens with one attached hydrogen (secondary N) is 1. The lowest BCUT2D eigenvalue weighted by atomic mass is 10.1. The van der Waals surface area contributed by atoms with Gasteiger partial charge in [0, 0.05) is 49.8 Å². The number of aromatic nitrogens is 2. The number of fused-ring (bicyclic) bond motifs is 1. The molecule has 1 aromatic carbocycles. The van der Waals surface area contributed by atoms with Gasteiger partial charge in [0.2, 0.25) is 5.88 Å². The van der Waals surface area contributed by atoms with Crippen molar-refractivity contribution in [2.75, 3.05) is 50.8 Å². The Hall–Kier alpha value is -3.53. The van der Waals surface area contributed by atoms with Gasteiger partial charge in [0.15, 0.2) is 11.4 Å². The number of nitrogen functional groups attached to an aromatic ring is 1. The van der Waals surface area contributed by atoms with Gasteiger partial charge in [-0.05, 0) is 43.4 Å². The van der Waals surface area contributed by atoms with Gasteiger partial charge in [-0.25, -0.2) is 4.39 Å². The van der Waals surface area contributed by atoms with E-state index in [0.29, 0.717) is 45.8 Å². The minimum atomic E-state index is -0.510. The van der Waals surface area contributed by atoms with Gasteiger partial charge < -0.3 is 20.4 Å². The van der Waals surface area contributed by atoms with Crippen molar-refractivity contribution in [3.63, 3.8) is 0 Å². The molecule has 1 aliphatic rings.